The van der Waals surface area contributed by atoms with Crippen molar-refractivity contribution in [1.29, 1.82) is 0 Å². The van der Waals surface area contributed by atoms with Crippen molar-refractivity contribution in [2.45, 2.75) is 26.2 Å². The van der Waals surface area contributed by atoms with E-state index in [0.29, 0.717) is 5.92 Å². The third kappa shape index (κ3) is 3.84. The molecule has 2 rings (SSSR count). The summed E-state index contributed by atoms with van der Waals surface area (Å²) in [6.45, 7) is 5.28. The molecule has 0 bridgehead atoms. The summed E-state index contributed by atoms with van der Waals surface area (Å²) in [4.78, 5) is 0. The van der Waals surface area contributed by atoms with Gasteiger partial charge in [0.15, 0.2) is 0 Å². The fraction of sp³-hybridized carbons (Fsp3) is 0.333. The summed E-state index contributed by atoms with van der Waals surface area (Å²) >= 11 is 6.13. The first-order chi connectivity index (χ1) is 9.60. The molecule has 0 amide bonds. The monoisotopic (exact) mass is 287 g/mol. The first kappa shape index (κ1) is 15.1. The van der Waals surface area contributed by atoms with Crippen LogP contribution < -0.4 is 5.32 Å². The SMILES string of the molecule is CNCC(Cc1cc(C)ccc1C)c1cccc(Cl)c1. The number of hydrogen-bond acceptors (Lipinski definition) is 1. The fourth-order valence-electron chi connectivity index (χ4n) is 2.60. The molecule has 1 unspecified atom stereocenters. The van der Waals surface area contributed by atoms with Crippen molar-refractivity contribution in [1.82, 2.24) is 5.32 Å². The molecule has 0 spiro atoms. The molecule has 0 aromatic heterocycles. The van der Waals surface area contributed by atoms with Gasteiger partial charge in [0.1, 0.15) is 0 Å². The fourth-order valence-corrected chi connectivity index (χ4v) is 2.80. The quantitative estimate of drug-likeness (QED) is 0.853. The van der Waals surface area contributed by atoms with E-state index in [1.807, 2.05) is 19.2 Å². The van der Waals surface area contributed by atoms with Gasteiger partial charge in [-0.3, -0.25) is 0 Å². The van der Waals surface area contributed by atoms with Crippen LogP contribution in [0.5, 0.6) is 0 Å². The highest BCUT2D eigenvalue weighted by atomic mass is 35.5. The first-order valence-electron chi connectivity index (χ1n) is 7.06. The minimum absolute atomic E-state index is 0.444. The van der Waals surface area contributed by atoms with Gasteiger partial charge in [-0.15, -0.1) is 0 Å². The molecule has 0 aliphatic rings. The van der Waals surface area contributed by atoms with Crippen LogP contribution in [0.4, 0.5) is 0 Å². The average Bonchev–Trinajstić information content (AvgIpc) is 2.42. The van der Waals surface area contributed by atoms with Crippen LogP contribution in [0.25, 0.3) is 0 Å². The van der Waals surface area contributed by atoms with Gasteiger partial charge in [-0.2, -0.15) is 0 Å². The van der Waals surface area contributed by atoms with E-state index in [1.54, 1.807) is 0 Å². The van der Waals surface area contributed by atoms with Crippen molar-refractivity contribution >= 4 is 11.6 Å². The number of benzene rings is 2. The molecule has 2 aromatic rings. The lowest BCUT2D eigenvalue weighted by Gasteiger charge is -2.19. The second-order valence-electron chi connectivity index (χ2n) is 5.44. The zero-order valence-corrected chi connectivity index (χ0v) is 13.2. The van der Waals surface area contributed by atoms with E-state index in [1.165, 1.54) is 22.3 Å². The summed E-state index contributed by atoms with van der Waals surface area (Å²) in [6, 6.07) is 14.9. The van der Waals surface area contributed by atoms with Gasteiger partial charge in [-0.25, -0.2) is 0 Å². The Labute approximate surface area is 127 Å². The van der Waals surface area contributed by atoms with E-state index < -0.39 is 0 Å². The lowest BCUT2D eigenvalue weighted by molar-refractivity contribution is 0.624. The Morgan fingerprint density at radius 3 is 2.60 bits per heavy atom. The van der Waals surface area contributed by atoms with Gasteiger partial charge < -0.3 is 5.32 Å². The zero-order valence-electron chi connectivity index (χ0n) is 12.4. The smallest absolute Gasteiger partial charge is 0.0408 e. The molecule has 1 nitrogen and oxygen atoms in total. The molecule has 0 fully saturated rings. The molecule has 0 aliphatic heterocycles. The molecule has 0 radical (unpaired) electrons. The van der Waals surface area contributed by atoms with Gasteiger partial charge in [-0.1, -0.05) is 47.5 Å². The molecule has 106 valence electrons. The molecule has 0 heterocycles. The zero-order chi connectivity index (χ0) is 14.5. The largest absolute Gasteiger partial charge is 0.319 e. The second-order valence-corrected chi connectivity index (χ2v) is 5.88. The summed E-state index contributed by atoms with van der Waals surface area (Å²) < 4.78 is 0. The number of nitrogens with one attached hydrogen (secondary N) is 1. The average molecular weight is 288 g/mol. The van der Waals surface area contributed by atoms with Crippen LogP contribution in [-0.2, 0) is 6.42 Å². The molecule has 0 aliphatic carbocycles. The minimum Gasteiger partial charge on any atom is -0.319 e. The van der Waals surface area contributed by atoms with Crippen LogP contribution in [0.3, 0.4) is 0 Å². The maximum absolute atomic E-state index is 6.13. The molecule has 1 atom stereocenters. The predicted octanol–water partition coefficient (Wildman–Crippen LogP) is 4.50. The summed E-state index contributed by atoms with van der Waals surface area (Å²) in [5.41, 5.74) is 5.40. The third-order valence-electron chi connectivity index (χ3n) is 3.74. The highest BCUT2D eigenvalue weighted by molar-refractivity contribution is 6.30. The summed E-state index contributed by atoms with van der Waals surface area (Å²) in [6.07, 6.45) is 1.04. The van der Waals surface area contributed by atoms with Crippen molar-refractivity contribution in [2.24, 2.45) is 0 Å². The summed E-state index contributed by atoms with van der Waals surface area (Å²) in [7, 11) is 2.00. The summed E-state index contributed by atoms with van der Waals surface area (Å²) in [5, 5.41) is 4.11. The molecular formula is C18H22ClN. The standard InChI is InChI=1S/C18H22ClN/c1-13-7-8-14(2)16(9-13)10-17(12-20-3)15-5-4-6-18(19)11-15/h4-9,11,17,20H,10,12H2,1-3H3. The number of rotatable bonds is 5. The molecule has 2 heteroatoms. The van der Waals surface area contributed by atoms with E-state index in [9.17, 15) is 0 Å². The Hall–Kier alpha value is -1.31. The number of aryl methyl sites for hydroxylation is 2. The maximum Gasteiger partial charge on any atom is 0.0408 e. The Morgan fingerprint density at radius 1 is 1.10 bits per heavy atom. The van der Waals surface area contributed by atoms with Crippen LogP contribution in [0.1, 0.15) is 28.2 Å². The van der Waals surface area contributed by atoms with E-state index in [0.717, 1.165) is 18.0 Å². The van der Waals surface area contributed by atoms with Crippen LogP contribution in [-0.4, -0.2) is 13.6 Å². The van der Waals surface area contributed by atoms with Gasteiger partial charge in [0.05, 0.1) is 0 Å². The highest BCUT2D eigenvalue weighted by Crippen LogP contribution is 2.25. The lowest BCUT2D eigenvalue weighted by Crippen LogP contribution is -2.19. The van der Waals surface area contributed by atoms with E-state index in [4.69, 9.17) is 11.6 Å². The van der Waals surface area contributed by atoms with Crippen LogP contribution in [0.15, 0.2) is 42.5 Å². The summed E-state index contributed by atoms with van der Waals surface area (Å²) in [5.74, 6) is 0.444. The van der Waals surface area contributed by atoms with Gasteiger partial charge >= 0.3 is 0 Å². The van der Waals surface area contributed by atoms with E-state index in [2.05, 4.69) is 49.5 Å². The van der Waals surface area contributed by atoms with Crippen LogP contribution in [0, 0.1) is 13.8 Å². The molecular weight excluding hydrogens is 266 g/mol. The van der Waals surface area contributed by atoms with Crippen molar-refractivity contribution in [2.75, 3.05) is 13.6 Å². The molecule has 0 saturated carbocycles. The topological polar surface area (TPSA) is 12.0 Å². The Bertz CT molecular complexity index is 577. The van der Waals surface area contributed by atoms with Gasteiger partial charge in [0.2, 0.25) is 0 Å². The Morgan fingerprint density at radius 2 is 1.90 bits per heavy atom. The van der Waals surface area contributed by atoms with Crippen molar-refractivity contribution < 1.29 is 0 Å². The Balaban J connectivity index is 2.27. The first-order valence-corrected chi connectivity index (χ1v) is 7.44. The van der Waals surface area contributed by atoms with Crippen molar-refractivity contribution in [3.05, 3.63) is 69.7 Å². The molecule has 2 aromatic carbocycles. The Kier molecular flexibility index (Phi) is 5.22. The van der Waals surface area contributed by atoms with Crippen molar-refractivity contribution in [3.63, 3.8) is 0 Å². The van der Waals surface area contributed by atoms with Crippen LogP contribution in [0.2, 0.25) is 5.02 Å². The molecule has 0 saturated heterocycles. The number of halogens is 1. The highest BCUT2D eigenvalue weighted by Gasteiger charge is 2.13. The predicted molar refractivity (Wildman–Crippen MR) is 87.7 cm³/mol. The van der Waals surface area contributed by atoms with Gasteiger partial charge in [-0.05, 0) is 56.1 Å². The van der Waals surface area contributed by atoms with Gasteiger partial charge in [0.25, 0.3) is 0 Å². The molecule has 20 heavy (non-hydrogen) atoms. The number of likely N-dealkylation sites (N-methyl/N-ethyl adjacent to an activating group) is 1. The van der Waals surface area contributed by atoms with Gasteiger partial charge in [0, 0.05) is 17.5 Å². The number of hydrogen-bond donors (Lipinski definition) is 1. The van der Waals surface area contributed by atoms with Crippen molar-refractivity contribution in [3.8, 4) is 0 Å². The second kappa shape index (κ2) is 6.92. The van der Waals surface area contributed by atoms with E-state index in [-0.39, 0.29) is 0 Å². The van der Waals surface area contributed by atoms with E-state index >= 15 is 0 Å². The minimum atomic E-state index is 0.444. The molecule has 1 N–H and O–H groups in total. The lowest BCUT2D eigenvalue weighted by atomic mass is 9.89. The maximum atomic E-state index is 6.13. The van der Waals surface area contributed by atoms with Crippen LogP contribution >= 0.6 is 11.6 Å². The third-order valence-corrected chi connectivity index (χ3v) is 3.98. The normalized spacial score (nSPS) is 12.4.